The molecule has 0 bridgehead atoms. The molecule has 1 aliphatic heterocycles. The van der Waals surface area contributed by atoms with Gasteiger partial charge in [-0.25, -0.2) is 8.42 Å². The highest BCUT2D eigenvalue weighted by Crippen LogP contribution is 2.36. The van der Waals surface area contributed by atoms with Gasteiger partial charge >= 0.3 is 0 Å². The van der Waals surface area contributed by atoms with Gasteiger partial charge in [0.15, 0.2) is 0 Å². The first-order chi connectivity index (χ1) is 11.9. The topological polar surface area (TPSA) is 84.5 Å². The number of aryl methyl sites for hydroxylation is 2. The van der Waals surface area contributed by atoms with Crippen molar-refractivity contribution >= 4 is 26.0 Å². The molecule has 7 nitrogen and oxygen atoms in total. The lowest BCUT2D eigenvalue weighted by Crippen LogP contribution is -2.43. The van der Waals surface area contributed by atoms with E-state index in [0.29, 0.717) is 16.8 Å². The molecule has 0 radical (unpaired) electrons. The Bertz CT molecular complexity index is 862. The third-order valence-corrected chi connectivity index (χ3v) is 6.73. The minimum Gasteiger partial charge on any atom is -0.495 e. The van der Waals surface area contributed by atoms with Crippen LogP contribution in [0.25, 0.3) is 0 Å². The summed E-state index contributed by atoms with van der Waals surface area (Å²) in [5.74, 6) is 0.314. The van der Waals surface area contributed by atoms with E-state index in [1.807, 2.05) is 13.8 Å². The van der Waals surface area contributed by atoms with Crippen LogP contribution in [0.3, 0.4) is 0 Å². The van der Waals surface area contributed by atoms with Gasteiger partial charge < -0.3 is 9.47 Å². The predicted octanol–water partition coefficient (Wildman–Crippen LogP) is 2.56. The van der Waals surface area contributed by atoms with E-state index < -0.39 is 16.1 Å². The van der Waals surface area contributed by atoms with E-state index in [2.05, 4.69) is 26.1 Å². The molecule has 0 saturated carbocycles. The van der Waals surface area contributed by atoms with Crippen LogP contribution in [0.4, 0.5) is 0 Å². The quantitative estimate of drug-likeness (QED) is 0.806. The number of halogens is 1. The van der Waals surface area contributed by atoms with E-state index in [1.54, 1.807) is 18.2 Å². The number of benzene rings is 1. The molecule has 1 aromatic heterocycles. The Hall–Kier alpha value is -1.42. The molecule has 2 aromatic rings. The minimum absolute atomic E-state index is 0.134. The first-order valence-corrected chi connectivity index (χ1v) is 10.0. The van der Waals surface area contributed by atoms with Gasteiger partial charge in [-0.2, -0.15) is 9.40 Å². The van der Waals surface area contributed by atoms with Crippen LogP contribution in [-0.4, -0.2) is 49.8 Å². The monoisotopic (exact) mass is 429 g/mol. The van der Waals surface area contributed by atoms with E-state index in [4.69, 9.17) is 9.47 Å². The molecule has 0 unspecified atom stereocenters. The maximum atomic E-state index is 13.4. The zero-order valence-electron chi connectivity index (χ0n) is 14.2. The summed E-state index contributed by atoms with van der Waals surface area (Å²) in [5, 5.41) is 7.11. The van der Waals surface area contributed by atoms with Gasteiger partial charge in [-0.1, -0.05) is 15.9 Å². The summed E-state index contributed by atoms with van der Waals surface area (Å²) in [4.78, 5) is 0.134. The van der Waals surface area contributed by atoms with Gasteiger partial charge in [0.05, 0.1) is 32.1 Å². The van der Waals surface area contributed by atoms with Crippen molar-refractivity contribution in [2.45, 2.75) is 24.8 Å². The van der Waals surface area contributed by atoms with Crippen LogP contribution in [0.2, 0.25) is 0 Å². The summed E-state index contributed by atoms with van der Waals surface area (Å²) in [6.45, 7) is 4.65. The largest absolute Gasteiger partial charge is 0.495 e. The molecule has 9 heteroatoms. The van der Waals surface area contributed by atoms with E-state index >= 15 is 0 Å². The third-order valence-electron chi connectivity index (χ3n) is 4.31. The number of H-pyrrole nitrogens is 1. The molecule has 0 aliphatic carbocycles. The number of aromatic nitrogens is 2. The average molecular weight is 430 g/mol. The van der Waals surface area contributed by atoms with Crippen LogP contribution in [0.15, 0.2) is 27.6 Å². The summed E-state index contributed by atoms with van der Waals surface area (Å²) in [6, 6.07) is 4.52. The SMILES string of the molecule is COc1ccc(Br)cc1S(=O)(=O)N1CCOC[C@H]1c1c(C)n[nH]c1C. The molecule has 1 aromatic carbocycles. The smallest absolute Gasteiger partial charge is 0.247 e. The Morgan fingerprint density at radius 2 is 2.16 bits per heavy atom. The van der Waals surface area contributed by atoms with Crippen LogP contribution < -0.4 is 4.74 Å². The molecular formula is C16H20BrN3O4S. The van der Waals surface area contributed by atoms with Crippen molar-refractivity contribution in [3.63, 3.8) is 0 Å². The normalized spacial score (nSPS) is 19.1. The lowest BCUT2D eigenvalue weighted by Gasteiger charge is -2.35. The molecule has 0 amide bonds. The van der Waals surface area contributed by atoms with E-state index in [0.717, 1.165) is 17.0 Å². The number of sulfonamides is 1. The van der Waals surface area contributed by atoms with Crippen LogP contribution in [0, 0.1) is 13.8 Å². The number of hydrogen-bond acceptors (Lipinski definition) is 5. The van der Waals surface area contributed by atoms with Crippen molar-refractivity contribution in [1.29, 1.82) is 0 Å². The van der Waals surface area contributed by atoms with Crippen molar-refractivity contribution in [2.24, 2.45) is 0 Å². The second-order valence-corrected chi connectivity index (χ2v) is 8.62. The van der Waals surface area contributed by atoms with Gasteiger partial charge in [0.2, 0.25) is 10.0 Å². The summed E-state index contributed by atoms with van der Waals surface area (Å²) in [5.41, 5.74) is 2.47. The van der Waals surface area contributed by atoms with Crippen molar-refractivity contribution in [3.8, 4) is 5.75 Å². The fourth-order valence-corrected chi connectivity index (χ4v) is 5.40. The molecular weight excluding hydrogens is 410 g/mol. The average Bonchev–Trinajstić information content (AvgIpc) is 2.93. The summed E-state index contributed by atoms with van der Waals surface area (Å²) in [7, 11) is -2.32. The lowest BCUT2D eigenvalue weighted by atomic mass is 10.1. The number of nitrogens with zero attached hydrogens (tertiary/aromatic N) is 2. The highest BCUT2D eigenvalue weighted by Gasteiger charge is 2.38. The fourth-order valence-electron chi connectivity index (χ4n) is 3.13. The number of nitrogens with one attached hydrogen (secondary N) is 1. The highest BCUT2D eigenvalue weighted by molar-refractivity contribution is 9.10. The molecule has 0 spiro atoms. The Labute approximate surface area is 155 Å². The van der Waals surface area contributed by atoms with Crippen molar-refractivity contribution in [2.75, 3.05) is 26.9 Å². The lowest BCUT2D eigenvalue weighted by molar-refractivity contribution is 0.0316. The predicted molar refractivity (Wildman–Crippen MR) is 96.2 cm³/mol. The van der Waals surface area contributed by atoms with E-state index in [9.17, 15) is 8.42 Å². The third kappa shape index (κ3) is 3.33. The first-order valence-electron chi connectivity index (χ1n) is 7.81. The summed E-state index contributed by atoms with van der Waals surface area (Å²) >= 11 is 3.34. The highest BCUT2D eigenvalue weighted by atomic mass is 79.9. The van der Waals surface area contributed by atoms with Crippen LogP contribution in [0.5, 0.6) is 5.75 Å². The van der Waals surface area contributed by atoms with Crippen LogP contribution >= 0.6 is 15.9 Å². The number of ether oxygens (including phenoxy) is 2. The number of aromatic amines is 1. The molecule has 1 aliphatic rings. The van der Waals surface area contributed by atoms with Gasteiger partial charge in [0.25, 0.3) is 0 Å². The standard InChI is InChI=1S/C16H20BrN3O4S/c1-10-16(11(2)19-18-10)13-9-24-7-6-20(13)25(21,22)15-8-12(17)4-5-14(15)23-3/h4-5,8,13H,6-7,9H2,1-3H3,(H,18,19)/t13-/m0/s1. The molecule has 136 valence electrons. The van der Waals surface area contributed by atoms with Gasteiger partial charge in [-0.15, -0.1) is 0 Å². The van der Waals surface area contributed by atoms with Crippen LogP contribution in [-0.2, 0) is 14.8 Å². The van der Waals surface area contributed by atoms with Crippen molar-refractivity contribution < 1.29 is 17.9 Å². The molecule has 1 saturated heterocycles. The number of hydrogen-bond donors (Lipinski definition) is 1. The first kappa shape index (κ1) is 18.4. The van der Waals surface area contributed by atoms with Crippen LogP contribution in [0.1, 0.15) is 23.0 Å². The van der Waals surface area contributed by atoms with Gasteiger partial charge in [0.1, 0.15) is 10.6 Å². The molecule has 1 N–H and O–H groups in total. The van der Waals surface area contributed by atoms with Crippen molar-refractivity contribution in [3.05, 3.63) is 39.6 Å². The molecule has 1 fully saturated rings. The van der Waals surface area contributed by atoms with E-state index in [-0.39, 0.29) is 18.0 Å². The minimum atomic E-state index is -3.78. The Morgan fingerprint density at radius 1 is 1.40 bits per heavy atom. The summed E-state index contributed by atoms with van der Waals surface area (Å²) in [6.07, 6.45) is 0. The molecule has 2 heterocycles. The van der Waals surface area contributed by atoms with Gasteiger partial charge in [0, 0.05) is 22.3 Å². The number of methoxy groups -OCH3 is 1. The zero-order chi connectivity index (χ0) is 18.2. The Balaban J connectivity index is 2.10. The zero-order valence-corrected chi connectivity index (χ0v) is 16.6. The number of morpholine rings is 1. The van der Waals surface area contributed by atoms with E-state index in [1.165, 1.54) is 11.4 Å². The second-order valence-electron chi connectivity index (χ2n) is 5.85. The molecule has 25 heavy (non-hydrogen) atoms. The Kier molecular flexibility index (Phi) is 5.19. The molecule has 3 rings (SSSR count). The molecule has 1 atom stereocenters. The maximum Gasteiger partial charge on any atom is 0.247 e. The number of rotatable bonds is 4. The second kappa shape index (κ2) is 7.06. The maximum absolute atomic E-state index is 13.4. The Morgan fingerprint density at radius 3 is 2.80 bits per heavy atom. The van der Waals surface area contributed by atoms with Crippen molar-refractivity contribution in [1.82, 2.24) is 14.5 Å². The fraction of sp³-hybridized carbons (Fsp3) is 0.438. The van der Waals surface area contributed by atoms with Gasteiger partial charge in [-0.05, 0) is 32.0 Å². The summed E-state index contributed by atoms with van der Waals surface area (Å²) < 4.78 is 39.8. The van der Waals surface area contributed by atoms with Gasteiger partial charge in [-0.3, -0.25) is 5.10 Å².